The summed E-state index contributed by atoms with van der Waals surface area (Å²) in [7, 11) is 3.62. The standard InChI is InChI=1S/C11H15N5/c1-6-8(10(12)13-3)5-9-7(2)15-16(4)11(9)14-6/h5H,1-4H3,(H2,12,13). The molecule has 0 aliphatic heterocycles. The maximum absolute atomic E-state index is 7.79. The fourth-order valence-electron chi connectivity index (χ4n) is 1.82. The van der Waals surface area contributed by atoms with Crippen LogP contribution in [0.2, 0.25) is 0 Å². The van der Waals surface area contributed by atoms with E-state index in [4.69, 9.17) is 5.41 Å². The van der Waals surface area contributed by atoms with Crippen molar-refractivity contribution in [1.82, 2.24) is 20.1 Å². The molecule has 0 saturated carbocycles. The van der Waals surface area contributed by atoms with Crippen molar-refractivity contribution in [2.24, 2.45) is 7.05 Å². The van der Waals surface area contributed by atoms with Crippen LogP contribution in [0.4, 0.5) is 0 Å². The maximum Gasteiger partial charge on any atom is 0.158 e. The van der Waals surface area contributed by atoms with E-state index in [9.17, 15) is 0 Å². The van der Waals surface area contributed by atoms with Gasteiger partial charge in [0.05, 0.1) is 11.4 Å². The molecule has 2 rings (SSSR count). The van der Waals surface area contributed by atoms with Crippen LogP contribution >= 0.6 is 0 Å². The predicted octanol–water partition coefficient (Wildman–Crippen LogP) is 1.13. The first-order valence-corrected chi connectivity index (χ1v) is 5.12. The van der Waals surface area contributed by atoms with Gasteiger partial charge in [-0.15, -0.1) is 0 Å². The summed E-state index contributed by atoms with van der Waals surface area (Å²) in [6, 6.07) is 1.97. The van der Waals surface area contributed by atoms with Crippen molar-refractivity contribution in [2.75, 3.05) is 7.05 Å². The van der Waals surface area contributed by atoms with Crippen LogP contribution in [0.5, 0.6) is 0 Å². The van der Waals surface area contributed by atoms with E-state index in [0.717, 1.165) is 28.0 Å². The van der Waals surface area contributed by atoms with E-state index in [1.807, 2.05) is 27.0 Å². The average Bonchev–Trinajstić information content (AvgIpc) is 2.52. The van der Waals surface area contributed by atoms with Crippen LogP contribution in [-0.2, 0) is 7.05 Å². The maximum atomic E-state index is 7.79. The monoisotopic (exact) mass is 217 g/mol. The molecule has 0 aliphatic carbocycles. The molecule has 0 spiro atoms. The van der Waals surface area contributed by atoms with E-state index in [0.29, 0.717) is 5.84 Å². The molecule has 84 valence electrons. The van der Waals surface area contributed by atoms with Gasteiger partial charge in [0.15, 0.2) is 5.65 Å². The van der Waals surface area contributed by atoms with Gasteiger partial charge in [-0.05, 0) is 19.9 Å². The average molecular weight is 217 g/mol. The lowest BCUT2D eigenvalue weighted by atomic mass is 10.1. The van der Waals surface area contributed by atoms with Gasteiger partial charge >= 0.3 is 0 Å². The van der Waals surface area contributed by atoms with Crippen LogP contribution in [0.15, 0.2) is 6.07 Å². The number of rotatable bonds is 1. The minimum absolute atomic E-state index is 0.384. The number of pyridine rings is 1. The summed E-state index contributed by atoms with van der Waals surface area (Å²) in [5.41, 5.74) is 3.47. The Labute approximate surface area is 94.0 Å². The topological polar surface area (TPSA) is 66.6 Å². The molecule has 2 heterocycles. The quantitative estimate of drug-likeness (QED) is 0.556. The third kappa shape index (κ3) is 1.44. The highest BCUT2D eigenvalue weighted by Crippen LogP contribution is 2.19. The van der Waals surface area contributed by atoms with E-state index < -0.39 is 0 Å². The third-order valence-electron chi connectivity index (χ3n) is 2.71. The summed E-state index contributed by atoms with van der Waals surface area (Å²) in [4.78, 5) is 4.48. The zero-order chi connectivity index (χ0) is 11.9. The minimum atomic E-state index is 0.384. The van der Waals surface area contributed by atoms with Crippen molar-refractivity contribution in [3.8, 4) is 0 Å². The van der Waals surface area contributed by atoms with E-state index in [1.165, 1.54) is 0 Å². The van der Waals surface area contributed by atoms with Crippen molar-refractivity contribution in [3.63, 3.8) is 0 Å². The molecule has 5 heteroatoms. The number of aromatic nitrogens is 3. The molecule has 0 unspecified atom stereocenters. The first kappa shape index (κ1) is 10.6. The van der Waals surface area contributed by atoms with E-state index in [-0.39, 0.29) is 0 Å². The number of nitrogens with zero attached hydrogens (tertiary/aromatic N) is 3. The summed E-state index contributed by atoms with van der Waals surface area (Å²) >= 11 is 0. The highest BCUT2D eigenvalue weighted by Gasteiger charge is 2.12. The van der Waals surface area contributed by atoms with Gasteiger partial charge in [-0.3, -0.25) is 10.1 Å². The van der Waals surface area contributed by atoms with Gasteiger partial charge in [0, 0.05) is 25.0 Å². The van der Waals surface area contributed by atoms with Gasteiger partial charge < -0.3 is 5.32 Å². The Hall–Kier alpha value is -1.91. The smallest absolute Gasteiger partial charge is 0.158 e. The number of hydrogen-bond donors (Lipinski definition) is 2. The number of fused-ring (bicyclic) bond motifs is 1. The Morgan fingerprint density at radius 1 is 1.38 bits per heavy atom. The van der Waals surface area contributed by atoms with Gasteiger partial charge in [-0.25, -0.2) is 4.98 Å². The Morgan fingerprint density at radius 3 is 2.69 bits per heavy atom. The molecule has 0 saturated heterocycles. The fourth-order valence-corrected chi connectivity index (χ4v) is 1.82. The second-order valence-corrected chi connectivity index (χ2v) is 3.83. The molecule has 0 aromatic carbocycles. The second-order valence-electron chi connectivity index (χ2n) is 3.83. The summed E-state index contributed by atoms with van der Waals surface area (Å²) in [5, 5.41) is 15.9. The van der Waals surface area contributed by atoms with Crippen molar-refractivity contribution >= 4 is 16.9 Å². The number of nitrogens with one attached hydrogen (secondary N) is 2. The molecular weight excluding hydrogens is 202 g/mol. The first-order valence-electron chi connectivity index (χ1n) is 5.12. The van der Waals surface area contributed by atoms with Crippen molar-refractivity contribution in [1.29, 1.82) is 5.41 Å². The molecule has 0 aliphatic rings. The lowest BCUT2D eigenvalue weighted by Gasteiger charge is -2.06. The largest absolute Gasteiger partial charge is 0.373 e. The van der Waals surface area contributed by atoms with Gasteiger partial charge in [-0.1, -0.05) is 0 Å². The normalized spacial score (nSPS) is 10.8. The van der Waals surface area contributed by atoms with Crippen molar-refractivity contribution in [3.05, 3.63) is 23.0 Å². The Morgan fingerprint density at radius 2 is 2.06 bits per heavy atom. The van der Waals surface area contributed by atoms with E-state index in [2.05, 4.69) is 15.4 Å². The number of amidine groups is 1. The van der Waals surface area contributed by atoms with E-state index >= 15 is 0 Å². The molecule has 0 amide bonds. The van der Waals surface area contributed by atoms with Crippen molar-refractivity contribution in [2.45, 2.75) is 13.8 Å². The number of hydrogen-bond acceptors (Lipinski definition) is 3. The van der Waals surface area contributed by atoms with Crippen LogP contribution in [0.3, 0.4) is 0 Å². The molecule has 5 nitrogen and oxygen atoms in total. The summed E-state index contributed by atoms with van der Waals surface area (Å²) in [5.74, 6) is 0.384. The molecule has 2 N–H and O–H groups in total. The molecule has 2 aromatic heterocycles. The predicted molar refractivity (Wildman–Crippen MR) is 63.9 cm³/mol. The van der Waals surface area contributed by atoms with Crippen LogP contribution in [0.25, 0.3) is 11.0 Å². The van der Waals surface area contributed by atoms with Crippen LogP contribution in [0.1, 0.15) is 17.0 Å². The molecule has 2 aromatic rings. The molecular formula is C11H15N5. The van der Waals surface area contributed by atoms with Gasteiger partial charge in [0.2, 0.25) is 0 Å². The lowest BCUT2D eigenvalue weighted by Crippen LogP contribution is -2.19. The molecule has 0 atom stereocenters. The lowest BCUT2D eigenvalue weighted by molar-refractivity contribution is 0.772. The molecule has 16 heavy (non-hydrogen) atoms. The fraction of sp³-hybridized carbons (Fsp3) is 0.364. The second kappa shape index (κ2) is 3.59. The Bertz CT molecular complexity index is 567. The summed E-state index contributed by atoms with van der Waals surface area (Å²) in [6.45, 7) is 3.86. The molecule has 0 bridgehead atoms. The van der Waals surface area contributed by atoms with Gasteiger partial charge in [0.25, 0.3) is 0 Å². The third-order valence-corrected chi connectivity index (χ3v) is 2.71. The van der Waals surface area contributed by atoms with Crippen LogP contribution < -0.4 is 5.32 Å². The SMILES string of the molecule is CNC(=N)c1cc2c(C)nn(C)c2nc1C. The zero-order valence-electron chi connectivity index (χ0n) is 9.92. The van der Waals surface area contributed by atoms with Crippen LogP contribution in [0, 0.1) is 19.3 Å². The van der Waals surface area contributed by atoms with Gasteiger partial charge in [-0.2, -0.15) is 5.10 Å². The highest BCUT2D eigenvalue weighted by molar-refractivity contribution is 6.00. The number of aryl methyl sites for hydroxylation is 3. The molecule has 0 radical (unpaired) electrons. The Balaban J connectivity index is 2.75. The first-order chi connectivity index (χ1) is 7.54. The summed E-state index contributed by atoms with van der Waals surface area (Å²) < 4.78 is 1.77. The van der Waals surface area contributed by atoms with Crippen molar-refractivity contribution < 1.29 is 0 Å². The van der Waals surface area contributed by atoms with E-state index in [1.54, 1.807) is 11.7 Å². The minimum Gasteiger partial charge on any atom is -0.373 e. The van der Waals surface area contributed by atoms with Gasteiger partial charge in [0.1, 0.15) is 5.84 Å². The Kier molecular flexibility index (Phi) is 2.38. The summed E-state index contributed by atoms with van der Waals surface area (Å²) in [6.07, 6.45) is 0. The highest BCUT2D eigenvalue weighted by atomic mass is 15.3. The van der Waals surface area contributed by atoms with Crippen LogP contribution in [-0.4, -0.2) is 27.6 Å². The zero-order valence-corrected chi connectivity index (χ0v) is 9.92. The molecule has 0 fully saturated rings.